The summed E-state index contributed by atoms with van der Waals surface area (Å²) in [6.07, 6.45) is 6.68. The first kappa shape index (κ1) is 39.6. The molecule has 57 heavy (non-hydrogen) atoms. The number of amides is 4. The Hall–Kier alpha value is -5.63. The van der Waals surface area contributed by atoms with Crippen LogP contribution in [-0.2, 0) is 25.7 Å². The molecule has 5 aliphatic rings. The van der Waals surface area contributed by atoms with E-state index < -0.39 is 23.4 Å². The summed E-state index contributed by atoms with van der Waals surface area (Å²) in [5.74, 6) is -1.01. The zero-order chi connectivity index (χ0) is 40.7. The molecule has 1 saturated heterocycles. The molecule has 4 fully saturated rings. The number of nitrogens with one attached hydrogen (secondary N) is 4. The number of nitrogens with two attached hydrogens (primary N) is 1. The van der Waals surface area contributed by atoms with Crippen molar-refractivity contribution in [3.63, 3.8) is 0 Å². The van der Waals surface area contributed by atoms with Gasteiger partial charge in [0.1, 0.15) is 17.8 Å². The molecule has 2 bridgehead atoms. The number of hydrogen-bond acceptors (Lipinski definition) is 9. The Morgan fingerprint density at radius 3 is 2.44 bits per heavy atom. The molecular weight excluding hydrogens is 741 g/mol. The van der Waals surface area contributed by atoms with Crippen molar-refractivity contribution < 1.29 is 24.3 Å². The van der Waals surface area contributed by atoms with Crippen LogP contribution in [0.3, 0.4) is 0 Å². The third kappa shape index (κ3) is 8.13. The van der Waals surface area contributed by atoms with Gasteiger partial charge in [-0.2, -0.15) is 0 Å². The number of phenols is 1. The molecule has 4 amide bonds. The number of nitrogens with zero attached hydrogens (tertiary/aromatic N) is 3. The summed E-state index contributed by atoms with van der Waals surface area (Å²) in [5.41, 5.74) is 12.0. The highest BCUT2D eigenvalue weighted by Gasteiger charge is 2.70. The normalized spacial score (nSPS) is 23.2. The molecule has 14 heteroatoms. The van der Waals surface area contributed by atoms with E-state index in [1.165, 1.54) is 0 Å². The van der Waals surface area contributed by atoms with Gasteiger partial charge in [0.25, 0.3) is 0 Å². The number of rotatable bonds is 13. The third-order valence-electron chi connectivity index (χ3n) is 11.6. The predicted octanol–water partition coefficient (Wildman–Crippen LogP) is 5.14. The molecule has 1 aromatic heterocycles. The van der Waals surface area contributed by atoms with Gasteiger partial charge in [0.15, 0.2) is 5.84 Å². The van der Waals surface area contributed by atoms with Crippen LogP contribution in [-0.4, -0.2) is 74.3 Å². The molecule has 8 rings (SSSR count). The minimum atomic E-state index is -0.880. The van der Waals surface area contributed by atoms with Gasteiger partial charge in [-0.3, -0.25) is 24.6 Å². The van der Waals surface area contributed by atoms with Crippen LogP contribution >= 0.6 is 11.3 Å². The molecule has 13 nitrogen and oxygen atoms in total. The maximum Gasteiger partial charge on any atom is 0.246 e. The highest BCUT2D eigenvalue weighted by molar-refractivity contribution is 7.13. The molecule has 2 aliphatic heterocycles. The van der Waals surface area contributed by atoms with Crippen LogP contribution in [0.15, 0.2) is 76.8 Å². The first-order valence-electron chi connectivity index (χ1n) is 19.4. The maximum atomic E-state index is 14.0. The molecule has 3 heterocycles. The Morgan fingerprint density at radius 2 is 1.77 bits per heavy atom. The van der Waals surface area contributed by atoms with Crippen molar-refractivity contribution in [1.29, 1.82) is 5.41 Å². The molecule has 7 N–H and O–H groups in total. The van der Waals surface area contributed by atoms with Crippen molar-refractivity contribution in [3.05, 3.63) is 88.6 Å². The molecule has 0 unspecified atom stereocenters. The van der Waals surface area contributed by atoms with Crippen LogP contribution in [0.1, 0.15) is 82.5 Å². The van der Waals surface area contributed by atoms with Crippen molar-refractivity contribution in [3.8, 4) is 16.2 Å². The number of aryl methyl sites for hydroxylation is 1. The lowest BCUT2D eigenvalue weighted by atomic mass is 9.38. The smallest absolute Gasteiger partial charge is 0.246 e. The number of thiazole rings is 1. The van der Waals surface area contributed by atoms with Crippen molar-refractivity contribution in [2.45, 2.75) is 96.8 Å². The second-order valence-electron chi connectivity index (χ2n) is 16.9. The van der Waals surface area contributed by atoms with Gasteiger partial charge in [-0.25, -0.2) is 9.98 Å². The van der Waals surface area contributed by atoms with Gasteiger partial charge >= 0.3 is 0 Å². The number of carbonyl (C=O) groups is 4. The second kappa shape index (κ2) is 15.4. The number of carbonyl (C=O) groups excluding carboxylic acids is 4. The molecule has 3 saturated carbocycles. The Labute approximate surface area is 336 Å². The van der Waals surface area contributed by atoms with E-state index in [1.807, 2.05) is 63.5 Å². The lowest BCUT2D eigenvalue weighted by molar-refractivity contribution is -0.144. The van der Waals surface area contributed by atoms with Gasteiger partial charge < -0.3 is 31.7 Å². The molecule has 3 aromatic rings. The van der Waals surface area contributed by atoms with Gasteiger partial charge in [0.05, 0.1) is 21.8 Å². The maximum absolute atomic E-state index is 14.0. The fraction of sp³-hybridized carbons (Fsp3) is 0.419. The van der Waals surface area contributed by atoms with E-state index in [-0.39, 0.29) is 53.1 Å². The standard InChI is InChI=1S/C43H50N8O5S/c1-25-36(57-24-47-25)27-13-11-26(12-14-27)20-46-39(55)31-9-7-17-51(31)40(56)37(41(2,3)4)49-34(53)15-16-35(54)50-43-21-42(22-43,23-43)33-19-28(38(45)48-33)18-30(44)29-8-5-6-10-32(29)52/h5-6,8,10-14,18-19,24,31,37,45,52H,7,9,15-17,20-23,44H2,1-4H3,(H,46,55)(H,49,53)(H,50,54)/t31-,37+,42?,43?/m0/s1. The van der Waals surface area contributed by atoms with E-state index in [0.717, 1.165) is 27.4 Å². The first-order chi connectivity index (χ1) is 27.1. The molecule has 298 valence electrons. The fourth-order valence-corrected chi connectivity index (χ4v) is 9.38. The van der Waals surface area contributed by atoms with Crippen molar-refractivity contribution in [1.82, 2.24) is 25.8 Å². The summed E-state index contributed by atoms with van der Waals surface area (Å²) in [6, 6.07) is 13.2. The summed E-state index contributed by atoms with van der Waals surface area (Å²) in [4.78, 5) is 65.2. The lowest BCUT2D eigenvalue weighted by Crippen LogP contribution is -2.76. The van der Waals surface area contributed by atoms with Crippen LogP contribution in [0.2, 0.25) is 0 Å². The monoisotopic (exact) mass is 790 g/mol. The number of phenolic OH excluding ortho intramolecular Hbond substituents is 1. The summed E-state index contributed by atoms with van der Waals surface area (Å²) in [6.45, 7) is 8.34. The largest absolute Gasteiger partial charge is 0.507 e. The van der Waals surface area contributed by atoms with Crippen LogP contribution in [0.4, 0.5) is 0 Å². The van der Waals surface area contributed by atoms with E-state index in [2.05, 4.69) is 25.9 Å². The highest BCUT2D eigenvalue weighted by Crippen LogP contribution is 2.68. The van der Waals surface area contributed by atoms with E-state index in [4.69, 9.17) is 11.1 Å². The number of benzene rings is 2. The average molecular weight is 791 g/mol. The molecule has 0 radical (unpaired) electrons. The number of para-hydroxylation sites is 1. The van der Waals surface area contributed by atoms with Crippen LogP contribution < -0.4 is 21.7 Å². The molecular formula is C43H50N8O5S. The van der Waals surface area contributed by atoms with Crippen LogP contribution in [0, 0.1) is 23.2 Å². The van der Waals surface area contributed by atoms with Gasteiger partial charge in [-0.1, -0.05) is 57.2 Å². The average Bonchev–Trinajstić information content (AvgIpc) is 3.89. The Kier molecular flexibility index (Phi) is 10.7. The van der Waals surface area contributed by atoms with Crippen molar-refractivity contribution in [2.75, 3.05) is 6.54 Å². The van der Waals surface area contributed by atoms with Gasteiger partial charge in [0.2, 0.25) is 23.6 Å². The number of amidine groups is 1. The molecule has 3 aliphatic carbocycles. The minimum absolute atomic E-state index is 0.0305. The minimum Gasteiger partial charge on any atom is -0.507 e. The fourth-order valence-electron chi connectivity index (χ4n) is 8.57. The van der Waals surface area contributed by atoms with E-state index >= 15 is 0 Å². The number of aliphatic imine (C=N–C) groups is 1. The summed E-state index contributed by atoms with van der Waals surface area (Å²) in [7, 11) is 0. The zero-order valence-corrected chi connectivity index (χ0v) is 33.6. The van der Waals surface area contributed by atoms with Crippen LogP contribution in [0.5, 0.6) is 5.75 Å². The lowest BCUT2D eigenvalue weighted by Gasteiger charge is -2.70. The van der Waals surface area contributed by atoms with Crippen molar-refractivity contribution in [2.24, 2.45) is 21.6 Å². The number of aromatic hydroxyl groups is 1. The summed E-state index contributed by atoms with van der Waals surface area (Å²) in [5, 5.41) is 27.6. The Bertz CT molecular complexity index is 2200. The second-order valence-corrected chi connectivity index (χ2v) is 17.8. The Morgan fingerprint density at radius 1 is 1.07 bits per heavy atom. The summed E-state index contributed by atoms with van der Waals surface area (Å²) < 4.78 is 0. The predicted molar refractivity (Wildman–Crippen MR) is 220 cm³/mol. The number of aromatic nitrogens is 1. The van der Waals surface area contributed by atoms with E-state index in [1.54, 1.807) is 46.6 Å². The highest BCUT2D eigenvalue weighted by atomic mass is 32.1. The molecule has 2 atom stereocenters. The molecule has 0 spiro atoms. The third-order valence-corrected chi connectivity index (χ3v) is 12.5. The number of allylic oxidation sites excluding steroid dienone is 1. The quantitative estimate of drug-likeness (QED) is 0.138. The molecule has 2 aromatic carbocycles. The Balaban J connectivity index is 0.877. The van der Waals surface area contributed by atoms with Gasteiger partial charge in [0, 0.05) is 53.7 Å². The summed E-state index contributed by atoms with van der Waals surface area (Å²) >= 11 is 1.59. The van der Waals surface area contributed by atoms with E-state index in [0.29, 0.717) is 62.0 Å². The van der Waals surface area contributed by atoms with Crippen molar-refractivity contribution >= 4 is 52.2 Å². The topological polar surface area (TPSA) is 203 Å². The number of likely N-dealkylation sites (tertiary alicyclic amines) is 1. The SMILES string of the molecule is Cc1ncsc1-c1ccc(CNC(=O)[C@@H]2CCCN2C(=O)[C@@H](NC(=O)CCC(=O)NC23CC(C4=NC(=N)C(C=C(N)c5ccccc5O)=C4)(C2)C3)C(C)(C)C)cc1. The van der Waals surface area contributed by atoms with Crippen LogP contribution in [0.25, 0.3) is 16.1 Å². The first-order valence-corrected chi connectivity index (χ1v) is 20.3. The number of hydrogen-bond donors (Lipinski definition) is 6. The zero-order valence-electron chi connectivity index (χ0n) is 32.8. The van der Waals surface area contributed by atoms with Gasteiger partial charge in [-0.15, -0.1) is 11.3 Å². The van der Waals surface area contributed by atoms with Gasteiger partial charge in [-0.05, 0) is 79.9 Å². The van der Waals surface area contributed by atoms with E-state index in [9.17, 15) is 24.3 Å².